The Balaban J connectivity index is 1.97. The summed E-state index contributed by atoms with van der Waals surface area (Å²) in [6, 6.07) is 9.24. The average Bonchev–Trinajstić information content (AvgIpc) is 2.41. The van der Waals surface area contributed by atoms with Gasteiger partial charge in [0, 0.05) is 18.1 Å². The Bertz CT molecular complexity index is 390. The van der Waals surface area contributed by atoms with E-state index in [1.807, 2.05) is 12.1 Å². The van der Waals surface area contributed by atoms with Gasteiger partial charge in [-0.3, -0.25) is 0 Å². The number of hydrogen-bond donors (Lipinski definition) is 2. The Morgan fingerprint density at radius 3 is 2.63 bits per heavy atom. The van der Waals surface area contributed by atoms with Gasteiger partial charge >= 0.3 is 0 Å². The van der Waals surface area contributed by atoms with Crippen LogP contribution in [-0.4, -0.2) is 35.7 Å². The normalized spacial score (nSPS) is 26.3. The molecule has 19 heavy (non-hydrogen) atoms. The zero-order valence-electron chi connectivity index (χ0n) is 12.3. The molecule has 106 valence electrons. The Morgan fingerprint density at radius 1 is 1.37 bits per heavy atom. The third kappa shape index (κ3) is 3.71. The second-order valence-corrected chi connectivity index (χ2v) is 5.77. The minimum Gasteiger partial charge on any atom is -0.508 e. The van der Waals surface area contributed by atoms with Gasteiger partial charge < -0.3 is 15.3 Å². The molecule has 0 bridgehead atoms. The molecule has 1 fully saturated rings. The SMILES string of the molecule is CCC(NC1CCN(C)C(C)C1)c1ccc(O)cc1. The molecule has 3 heteroatoms. The van der Waals surface area contributed by atoms with Crippen LogP contribution in [0.15, 0.2) is 24.3 Å². The summed E-state index contributed by atoms with van der Waals surface area (Å²) in [5.74, 6) is 0.339. The van der Waals surface area contributed by atoms with Gasteiger partial charge in [0.1, 0.15) is 5.75 Å². The maximum absolute atomic E-state index is 9.37. The number of phenolic OH excluding ortho intramolecular Hbond substituents is 1. The van der Waals surface area contributed by atoms with E-state index in [0.29, 0.717) is 23.9 Å². The maximum Gasteiger partial charge on any atom is 0.115 e. The van der Waals surface area contributed by atoms with Crippen LogP contribution in [0.1, 0.15) is 44.7 Å². The number of nitrogens with one attached hydrogen (secondary N) is 1. The van der Waals surface area contributed by atoms with E-state index < -0.39 is 0 Å². The quantitative estimate of drug-likeness (QED) is 0.876. The molecule has 0 spiro atoms. The third-order valence-corrected chi connectivity index (χ3v) is 4.35. The molecule has 3 unspecified atom stereocenters. The summed E-state index contributed by atoms with van der Waals surface area (Å²) in [6.07, 6.45) is 3.51. The fourth-order valence-electron chi connectivity index (χ4n) is 2.88. The number of phenols is 1. The molecule has 0 saturated carbocycles. The predicted octanol–water partition coefficient (Wildman–Crippen LogP) is 2.92. The standard InChI is InChI=1S/C16H26N2O/c1-4-16(13-5-7-15(19)8-6-13)17-14-9-10-18(3)12(2)11-14/h5-8,12,14,16-17,19H,4,9-11H2,1-3H3. The molecule has 2 N–H and O–H groups in total. The molecule has 0 amide bonds. The topological polar surface area (TPSA) is 35.5 Å². The van der Waals surface area contributed by atoms with Crippen LogP contribution in [0.3, 0.4) is 0 Å². The van der Waals surface area contributed by atoms with E-state index in [-0.39, 0.29) is 0 Å². The van der Waals surface area contributed by atoms with Gasteiger partial charge in [0.05, 0.1) is 0 Å². The van der Waals surface area contributed by atoms with Crippen molar-refractivity contribution in [2.45, 2.75) is 51.2 Å². The molecule has 1 aliphatic rings. The van der Waals surface area contributed by atoms with Crippen LogP contribution in [0, 0.1) is 0 Å². The summed E-state index contributed by atoms with van der Waals surface area (Å²) < 4.78 is 0. The Labute approximate surface area is 116 Å². The van der Waals surface area contributed by atoms with Crippen molar-refractivity contribution < 1.29 is 5.11 Å². The van der Waals surface area contributed by atoms with E-state index in [4.69, 9.17) is 0 Å². The molecular weight excluding hydrogens is 236 g/mol. The summed E-state index contributed by atoms with van der Waals surface area (Å²) in [7, 11) is 2.21. The molecule has 3 atom stereocenters. The van der Waals surface area contributed by atoms with Crippen LogP contribution in [0.25, 0.3) is 0 Å². The van der Waals surface area contributed by atoms with Crippen molar-refractivity contribution in [1.82, 2.24) is 10.2 Å². The van der Waals surface area contributed by atoms with Crippen LogP contribution in [0.2, 0.25) is 0 Å². The summed E-state index contributed by atoms with van der Waals surface area (Å²) >= 11 is 0. The van der Waals surface area contributed by atoms with Gasteiger partial charge in [-0.05, 0) is 57.5 Å². The van der Waals surface area contributed by atoms with E-state index in [0.717, 1.165) is 6.42 Å². The molecular formula is C16H26N2O. The lowest BCUT2D eigenvalue weighted by Crippen LogP contribution is -2.46. The zero-order valence-corrected chi connectivity index (χ0v) is 12.3. The smallest absolute Gasteiger partial charge is 0.115 e. The number of aromatic hydroxyl groups is 1. The van der Waals surface area contributed by atoms with E-state index in [9.17, 15) is 5.11 Å². The fourth-order valence-corrected chi connectivity index (χ4v) is 2.88. The van der Waals surface area contributed by atoms with Gasteiger partial charge in [0.2, 0.25) is 0 Å². The predicted molar refractivity (Wildman–Crippen MR) is 79.4 cm³/mol. The van der Waals surface area contributed by atoms with Crippen molar-refractivity contribution in [3.05, 3.63) is 29.8 Å². The summed E-state index contributed by atoms with van der Waals surface area (Å²) in [5, 5.41) is 13.2. The van der Waals surface area contributed by atoms with Crippen molar-refractivity contribution in [2.24, 2.45) is 0 Å². The van der Waals surface area contributed by atoms with Crippen LogP contribution >= 0.6 is 0 Å². The van der Waals surface area contributed by atoms with E-state index >= 15 is 0 Å². The molecule has 1 saturated heterocycles. The van der Waals surface area contributed by atoms with Crippen molar-refractivity contribution in [3.8, 4) is 5.75 Å². The highest BCUT2D eigenvalue weighted by Gasteiger charge is 2.24. The molecule has 1 aliphatic heterocycles. The highest BCUT2D eigenvalue weighted by molar-refractivity contribution is 5.28. The van der Waals surface area contributed by atoms with Crippen molar-refractivity contribution in [1.29, 1.82) is 0 Å². The molecule has 1 heterocycles. The molecule has 1 aromatic carbocycles. The Kier molecular flexibility index (Phi) is 4.83. The van der Waals surface area contributed by atoms with Crippen molar-refractivity contribution in [3.63, 3.8) is 0 Å². The lowest BCUT2D eigenvalue weighted by Gasteiger charge is -2.37. The molecule has 0 aliphatic carbocycles. The molecule has 0 radical (unpaired) electrons. The fraction of sp³-hybridized carbons (Fsp3) is 0.625. The van der Waals surface area contributed by atoms with Crippen LogP contribution in [0.4, 0.5) is 0 Å². The largest absolute Gasteiger partial charge is 0.508 e. The molecule has 1 aromatic rings. The van der Waals surface area contributed by atoms with Gasteiger partial charge in [0.15, 0.2) is 0 Å². The second kappa shape index (κ2) is 6.40. The second-order valence-electron chi connectivity index (χ2n) is 5.77. The van der Waals surface area contributed by atoms with Crippen LogP contribution in [-0.2, 0) is 0 Å². The van der Waals surface area contributed by atoms with Gasteiger partial charge in [-0.25, -0.2) is 0 Å². The van der Waals surface area contributed by atoms with Crippen molar-refractivity contribution in [2.75, 3.05) is 13.6 Å². The maximum atomic E-state index is 9.37. The summed E-state index contributed by atoms with van der Waals surface area (Å²) in [5.41, 5.74) is 1.27. The van der Waals surface area contributed by atoms with Gasteiger partial charge in [-0.1, -0.05) is 19.1 Å². The van der Waals surface area contributed by atoms with E-state index in [1.165, 1.54) is 24.9 Å². The summed E-state index contributed by atoms with van der Waals surface area (Å²) in [4.78, 5) is 2.43. The zero-order chi connectivity index (χ0) is 13.8. The first-order valence-corrected chi connectivity index (χ1v) is 7.35. The molecule has 0 aromatic heterocycles. The first-order chi connectivity index (χ1) is 9.10. The Hall–Kier alpha value is -1.06. The van der Waals surface area contributed by atoms with E-state index in [2.05, 4.69) is 31.1 Å². The van der Waals surface area contributed by atoms with E-state index in [1.54, 1.807) is 12.1 Å². The van der Waals surface area contributed by atoms with Gasteiger partial charge in [0.25, 0.3) is 0 Å². The molecule has 3 nitrogen and oxygen atoms in total. The Morgan fingerprint density at radius 2 is 2.05 bits per heavy atom. The van der Waals surface area contributed by atoms with Gasteiger partial charge in [-0.15, -0.1) is 0 Å². The highest BCUT2D eigenvalue weighted by Crippen LogP contribution is 2.23. The number of nitrogens with zero attached hydrogens (tertiary/aromatic N) is 1. The number of rotatable bonds is 4. The molecule has 2 rings (SSSR count). The van der Waals surface area contributed by atoms with Crippen LogP contribution in [0.5, 0.6) is 5.75 Å². The monoisotopic (exact) mass is 262 g/mol. The lowest BCUT2D eigenvalue weighted by atomic mass is 9.96. The highest BCUT2D eigenvalue weighted by atomic mass is 16.3. The van der Waals surface area contributed by atoms with Gasteiger partial charge in [-0.2, -0.15) is 0 Å². The average molecular weight is 262 g/mol. The first-order valence-electron chi connectivity index (χ1n) is 7.35. The minimum absolute atomic E-state index is 0.339. The number of hydrogen-bond acceptors (Lipinski definition) is 3. The minimum atomic E-state index is 0.339. The number of benzene rings is 1. The summed E-state index contributed by atoms with van der Waals surface area (Å²) in [6.45, 7) is 5.68. The number of piperidine rings is 1. The lowest BCUT2D eigenvalue weighted by molar-refractivity contribution is 0.161. The van der Waals surface area contributed by atoms with Crippen LogP contribution < -0.4 is 5.32 Å². The van der Waals surface area contributed by atoms with Crippen molar-refractivity contribution >= 4 is 0 Å². The number of likely N-dealkylation sites (tertiary alicyclic amines) is 1. The first kappa shape index (κ1) is 14.4. The third-order valence-electron chi connectivity index (χ3n) is 4.35.